The van der Waals surface area contributed by atoms with Gasteiger partial charge in [-0.2, -0.15) is 0 Å². The molecule has 0 saturated carbocycles. The molecule has 0 amide bonds. The largest absolute Gasteiger partial charge is 0.313 e. The van der Waals surface area contributed by atoms with Crippen LogP contribution in [0.1, 0.15) is 17.2 Å². The average Bonchev–Trinajstić information content (AvgIpc) is 2.38. The van der Waals surface area contributed by atoms with Gasteiger partial charge in [-0.05, 0) is 61.0 Å². The first kappa shape index (κ1) is 15.6. The Hall–Kier alpha value is -0.800. The molecule has 1 nitrogen and oxygen atoms in total. The van der Waals surface area contributed by atoms with Gasteiger partial charge >= 0.3 is 0 Å². The lowest BCUT2D eigenvalue weighted by molar-refractivity contribution is 0.554. The van der Waals surface area contributed by atoms with Crippen LogP contribution in [0.4, 0.5) is 4.39 Å². The molecule has 2 aromatic rings. The van der Waals surface area contributed by atoms with Gasteiger partial charge in [0.15, 0.2) is 0 Å². The van der Waals surface area contributed by atoms with Gasteiger partial charge in [-0.25, -0.2) is 4.39 Å². The maximum absolute atomic E-state index is 13.8. The summed E-state index contributed by atoms with van der Waals surface area (Å²) in [6.45, 7) is 0. The lowest BCUT2D eigenvalue weighted by atomic mass is 9.98. The summed E-state index contributed by atoms with van der Waals surface area (Å²) in [5, 5.41) is 4.77. The number of likely N-dealkylation sites (N-methyl/N-ethyl adjacent to an activating group) is 1. The first-order valence-electron chi connectivity index (χ1n) is 6.07. The zero-order valence-electron chi connectivity index (χ0n) is 10.8. The second-order valence-corrected chi connectivity index (χ2v) is 5.79. The molecular weight excluding hydrogens is 320 g/mol. The number of benzene rings is 2. The van der Waals surface area contributed by atoms with Gasteiger partial charge in [-0.3, -0.25) is 0 Å². The molecule has 0 fully saturated rings. The Labute approximate surface area is 132 Å². The van der Waals surface area contributed by atoms with E-state index in [0.29, 0.717) is 27.1 Å². The van der Waals surface area contributed by atoms with Gasteiger partial charge in [-0.1, -0.05) is 34.8 Å². The second-order valence-electron chi connectivity index (χ2n) is 4.48. The summed E-state index contributed by atoms with van der Waals surface area (Å²) in [4.78, 5) is 0. The standard InChI is InChI=1S/C15H13Cl3FN/c1-20-15(10-5-12(17)8-13(18)6-10)7-9-4-11(16)2-3-14(9)19/h2-6,8,15,20H,7H2,1H3. The van der Waals surface area contributed by atoms with Gasteiger partial charge in [0, 0.05) is 21.1 Å². The Morgan fingerprint density at radius 2 is 1.65 bits per heavy atom. The fourth-order valence-corrected chi connectivity index (χ4v) is 2.82. The van der Waals surface area contributed by atoms with Crippen molar-refractivity contribution < 1.29 is 4.39 Å². The molecule has 1 atom stereocenters. The molecule has 0 aliphatic carbocycles. The monoisotopic (exact) mass is 331 g/mol. The first-order chi connectivity index (χ1) is 9.49. The van der Waals surface area contributed by atoms with Gasteiger partial charge in [0.25, 0.3) is 0 Å². The van der Waals surface area contributed by atoms with Crippen LogP contribution in [-0.2, 0) is 6.42 Å². The maximum atomic E-state index is 13.8. The highest BCUT2D eigenvalue weighted by molar-refractivity contribution is 6.34. The Balaban J connectivity index is 2.30. The van der Waals surface area contributed by atoms with Crippen molar-refractivity contribution in [3.05, 3.63) is 68.4 Å². The number of halogens is 4. The summed E-state index contributed by atoms with van der Waals surface area (Å²) in [7, 11) is 1.81. The van der Waals surface area contributed by atoms with Crippen LogP contribution < -0.4 is 5.32 Å². The van der Waals surface area contributed by atoms with Crippen molar-refractivity contribution in [2.75, 3.05) is 7.05 Å². The van der Waals surface area contributed by atoms with Crippen molar-refractivity contribution in [1.29, 1.82) is 0 Å². The van der Waals surface area contributed by atoms with E-state index in [2.05, 4.69) is 5.32 Å². The van der Waals surface area contributed by atoms with Gasteiger partial charge in [0.05, 0.1) is 0 Å². The number of nitrogens with one attached hydrogen (secondary N) is 1. The van der Waals surface area contributed by atoms with Crippen LogP contribution in [0.25, 0.3) is 0 Å². The van der Waals surface area contributed by atoms with Crippen LogP contribution in [0.2, 0.25) is 15.1 Å². The molecule has 0 saturated heterocycles. The van der Waals surface area contributed by atoms with Gasteiger partial charge < -0.3 is 5.32 Å². The SMILES string of the molecule is CNC(Cc1cc(Cl)ccc1F)c1cc(Cl)cc(Cl)c1. The van der Waals surface area contributed by atoms with Gasteiger partial charge in [-0.15, -0.1) is 0 Å². The van der Waals surface area contributed by atoms with E-state index in [1.54, 1.807) is 12.1 Å². The summed E-state index contributed by atoms with van der Waals surface area (Å²) in [6, 6.07) is 9.74. The van der Waals surface area contributed by atoms with Gasteiger partial charge in [0.2, 0.25) is 0 Å². The minimum absolute atomic E-state index is 0.0980. The minimum Gasteiger partial charge on any atom is -0.313 e. The Morgan fingerprint density at radius 3 is 2.25 bits per heavy atom. The normalized spacial score (nSPS) is 12.4. The molecule has 20 heavy (non-hydrogen) atoms. The van der Waals surface area contributed by atoms with Crippen LogP contribution >= 0.6 is 34.8 Å². The fourth-order valence-electron chi connectivity index (χ4n) is 2.08. The van der Waals surface area contributed by atoms with E-state index in [9.17, 15) is 4.39 Å². The van der Waals surface area contributed by atoms with E-state index in [1.165, 1.54) is 12.1 Å². The highest BCUT2D eigenvalue weighted by atomic mass is 35.5. The number of hydrogen-bond acceptors (Lipinski definition) is 1. The third kappa shape index (κ3) is 3.86. The Morgan fingerprint density at radius 1 is 1.00 bits per heavy atom. The molecule has 1 unspecified atom stereocenters. The van der Waals surface area contributed by atoms with Crippen molar-refractivity contribution >= 4 is 34.8 Å². The average molecular weight is 333 g/mol. The highest BCUT2D eigenvalue weighted by Crippen LogP contribution is 2.27. The molecule has 0 aliphatic heterocycles. The molecule has 2 aromatic carbocycles. The van der Waals surface area contributed by atoms with E-state index in [1.807, 2.05) is 19.2 Å². The smallest absolute Gasteiger partial charge is 0.126 e. The van der Waals surface area contributed by atoms with E-state index < -0.39 is 0 Å². The molecule has 0 aromatic heterocycles. The van der Waals surface area contributed by atoms with Crippen LogP contribution in [0.5, 0.6) is 0 Å². The van der Waals surface area contributed by atoms with Crippen molar-refractivity contribution in [2.24, 2.45) is 0 Å². The van der Waals surface area contributed by atoms with E-state index >= 15 is 0 Å². The Bertz CT molecular complexity index is 596. The predicted octanol–water partition coefficient (Wildman–Crippen LogP) is 5.29. The summed E-state index contributed by atoms with van der Waals surface area (Å²) in [5.74, 6) is -0.275. The third-order valence-corrected chi connectivity index (χ3v) is 3.74. The molecule has 0 bridgehead atoms. The molecule has 0 radical (unpaired) electrons. The van der Waals surface area contributed by atoms with Crippen molar-refractivity contribution in [3.8, 4) is 0 Å². The maximum Gasteiger partial charge on any atom is 0.126 e. The van der Waals surface area contributed by atoms with E-state index in [-0.39, 0.29) is 11.9 Å². The molecule has 0 aliphatic rings. The Kier molecular flexibility index (Phi) is 5.28. The van der Waals surface area contributed by atoms with Crippen molar-refractivity contribution in [3.63, 3.8) is 0 Å². The van der Waals surface area contributed by atoms with E-state index in [4.69, 9.17) is 34.8 Å². The second kappa shape index (κ2) is 6.77. The van der Waals surface area contributed by atoms with E-state index in [0.717, 1.165) is 5.56 Å². The molecule has 1 N–H and O–H groups in total. The highest BCUT2D eigenvalue weighted by Gasteiger charge is 2.14. The van der Waals surface area contributed by atoms with Crippen molar-refractivity contribution in [1.82, 2.24) is 5.32 Å². The van der Waals surface area contributed by atoms with Crippen LogP contribution in [0, 0.1) is 5.82 Å². The molecule has 2 rings (SSSR count). The fraction of sp³-hybridized carbons (Fsp3) is 0.200. The minimum atomic E-state index is -0.275. The molecule has 0 spiro atoms. The topological polar surface area (TPSA) is 12.0 Å². The summed E-state index contributed by atoms with van der Waals surface area (Å²) >= 11 is 17.9. The molecule has 106 valence electrons. The summed E-state index contributed by atoms with van der Waals surface area (Å²) in [6.07, 6.45) is 0.458. The lowest BCUT2D eigenvalue weighted by Gasteiger charge is -2.18. The number of hydrogen-bond donors (Lipinski definition) is 1. The zero-order chi connectivity index (χ0) is 14.7. The van der Waals surface area contributed by atoms with Crippen LogP contribution in [0.15, 0.2) is 36.4 Å². The third-order valence-electron chi connectivity index (χ3n) is 3.07. The summed E-state index contributed by atoms with van der Waals surface area (Å²) in [5.41, 5.74) is 1.46. The molecule has 5 heteroatoms. The van der Waals surface area contributed by atoms with Crippen molar-refractivity contribution in [2.45, 2.75) is 12.5 Å². The predicted molar refractivity (Wildman–Crippen MR) is 83.4 cm³/mol. The molecule has 0 heterocycles. The lowest BCUT2D eigenvalue weighted by Crippen LogP contribution is -2.19. The number of rotatable bonds is 4. The van der Waals surface area contributed by atoms with Crippen LogP contribution in [0.3, 0.4) is 0 Å². The zero-order valence-corrected chi connectivity index (χ0v) is 13.0. The van der Waals surface area contributed by atoms with Crippen LogP contribution in [-0.4, -0.2) is 7.05 Å². The first-order valence-corrected chi connectivity index (χ1v) is 7.20. The van der Waals surface area contributed by atoms with Gasteiger partial charge in [0.1, 0.15) is 5.82 Å². The summed E-state index contributed by atoms with van der Waals surface area (Å²) < 4.78 is 13.8. The molecular formula is C15H13Cl3FN. The quantitative estimate of drug-likeness (QED) is 0.802.